The van der Waals surface area contributed by atoms with Crippen LogP contribution < -0.4 is 4.72 Å². The standard InChI is InChI=1S/C16H11F3N2O5S/c1-9(22)10-3-2-4-11(7-10)21-27(23,24)15-6-5-13(25-15)12-8-14(26-20-12)16(17,18)19/h2-8,21H,1H3. The van der Waals surface area contributed by atoms with Crippen LogP contribution >= 0.6 is 0 Å². The molecular formula is C16H11F3N2O5S. The fraction of sp³-hybridized carbons (Fsp3) is 0.125. The van der Waals surface area contributed by atoms with E-state index in [0.717, 1.165) is 12.1 Å². The zero-order valence-electron chi connectivity index (χ0n) is 13.6. The molecule has 0 amide bonds. The molecule has 0 aliphatic heterocycles. The predicted molar refractivity (Wildman–Crippen MR) is 86.5 cm³/mol. The smallest absolute Gasteiger partial charge is 0.441 e. The van der Waals surface area contributed by atoms with E-state index in [-0.39, 0.29) is 22.9 Å². The monoisotopic (exact) mass is 400 g/mol. The van der Waals surface area contributed by atoms with E-state index >= 15 is 0 Å². The highest BCUT2D eigenvalue weighted by Gasteiger charge is 2.36. The first-order chi connectivity index (χ1) is 12.6. The average Bonchev–Trinajstić information content (AvgIpc) is 3.23. The number of rotatable bonds is 5. The third-order valence-electron chi connectivity index (χ3n) is 3.41. The molecule has 3 rings (SSSR count). The van der Waals surface area contributed by atoms with E-state index in [2.05, 4.69) is 14.4 Å². The maximum Gasteiger partial charge on any atom is 0.452 e. The number of nitrogens with zero attached hydrogens (tertiary/aromatic N) is 1. The number of aromatic nitrogens is 1. The third kappa shape index (κ3) is 4.03. The Bertz CT molecular complexity index is 1100. The van der Waals surface area contributed by atoms with Gasteiger partial charge in [-0.3, -0.25) is 9.52 Å². The lowest BCUT2D eigenvalue weighted by Crippen LogP contribution is -2.12. The first-order valence-corrected chi connectivity index (χ1v) is 8.82. The summed E-state index contributed by atoms with van der Waals surface area (Å²) < 4.78 is 73.9. The number of carbonyl (C=O) groups excluding carboxylic acids is 1. The number of nitrogens with one attached hydrogen (secondary N) is 1. The van der Waals surface area contributed by atoms with Gasteiger partial charge in [-0.05, 0) is 31.2 Å². The molecule has 3 aromatic rings. The van der Waals surface area contributed by atoms with Gasteiger partial charge < -0.3 is 8.94 Å². The largest absolute Gasteiger partial charge is 0.452 e. The van der Waals surface area contributed by atoms with Crippen molar-refractivity contribution in [2.75, 3.05) is 4.72 Å². The molecule has 0 bridgehead atoms. The summed E-state index contributed by atoms with van der Waals surface area (Å²) in [6.45, 7) is 1.33. The molecule has 0 spiro atoms. The van der Waals surface area contributed by atoms with E-state index in [1.165, 1.54) is 31.2 Å². The predicted octanol–water partition coefficient (Wildman–Crippen LogP) is 3.96. The van der Waals surface area contributed by atoms with Gasteiger partial charge in [-0.1, -0.05) is 17.3 Å². The quantitative estimate of drug-likeness (QED) is 0.651. The summed E-state index contributed by atoms with van der Waals surface area (Å²) in [7, 11) is -4.17. The number of hydrogen-bond donors (Lipinski definition) is 1. The van der Waals surface area contributed by atoms with Crippen LogP contribution in [0.1, 0.15) is 23.0 Å². The van der Waals surface area contributed by atoms with E-state index < -0.39 is 27.1 Å². The van der Waals surface area contributed by atoms with Gasteiger partial charge in [0.15, 0.2) is 11.5 Å². The Hall–Kier alpha value is -3.08. The number of carbonyl (C=O) groups is 1. The van der Waals surface area contributed by atoms with Crippen molar-refractivity contribution < 1.29 is 35.3 Å². The number of furan rings is 1. The van der Waals surface area contributed by atoms with E-state index in [4.69, 9.17) is 4.42 Å². The molecule has 1 aromatic carbocycles. The molecule has 0 fully saturated rings. The summed E-state index contributed by atoms with van der Waals surface area (Å²) >= 11 is 0. The van der Waals surface area contributed by atoms with Crippen LogP contribution in [0.4, 0.5) is 18.9 Å². The van der Waals surface area contributed by atoms with Crippen LogP contribution in [0.5, 0.6) is 0 Å². The summed E-state index contributed by atoms with van der Waals surface area (Å²) in [5, 5.41) is 2.68. The Morgan fingerprint density at radius 2 is 1.89 bits per heavy atom. The van der Waals surface area contributed by atoms with Gasteiger partial charge in [0, 0.05) is 17.3 Å². The van der Waals surface area contributed by atoms with Crippen LogP contribution in [0.3, 0.4) is 0 Å². The van der Waals surface area contributed by atoms with Crippen molar-refractivity contribution in [1.82, 2.24) is 5.16 Å². The van der Waals surface area contributed by atoms with E-state index in [0.29, 0.717) is 11.6 Å². The molecule has 2 heterocycles. The lowest BCUT2D eigenvalue weighted by molar-refractivity contribution is -0.155. The molecule has 0 saturated heterocycles. The summed E-state index contributed by atoms with van der Waals surface area (Å²) in [6.07, 6.45) is -4.73. The lowest BCUT2D eigenvalue weighted by atomic mass is 10.1. The van der Waals surface area contributed by atoms with Gasteiger partial charge in [0.1, 0.15) is 5.69 Å². The Kier molecular flexibility index (Phi) is 4.56. The molecule has 2 aromatic heterocycles. The molecule has 0 aliphatic carbocycles. The third-order valence-corrected chi connectivity index (χ3v) is 4.66. The number of ketones is 1. The zero-order chi connectivity index (χ0) is 19.8. The molecule has 0 unspecified atom stereocenters. The summed E-state index contributed by atoms with van der Waals surface area (Å²) in [5.74, 6) is -1.80. The maximum absolute atomic E-state index is 12.5. The second kappa shape index (κ2) is 6.58. The second-order valence-electron chi connectivity index (χ2n) is 5.44. The normalized spacial score (nSPS) is 12.1. The molecule has 1 N–H and O–H groups in total. The number of benzene rings is 1. The van der Waals surface area contributed by atoms with Crippen molar-refractivity contribution in [2.24, 2.45) is 0 Å². The molecule has 11 heteroatoms. The fourth-order valence-electron chi connectivity index (χ4n) is 2.13. The highest BCUT2D eigenvalue weighted by molar-refractivity contribution is 7.92. The Labute approximate surface area is 150 Å². The van der Waals surface area contributed by atoms with Gasteiger partial charge in [0.05, 0.1) is 0 Å². The molecule has 0 radical (unpaired) electrons. The van der Waals surface area contributed by atoms with Gasteiger partial charge in [0.25, 0.3) is 10.0 Å². The molecule has 0 aliphatic rings. The van der Waals surface area contributed by atoms with Crippen molar-refractivity contribution in [3.05, 3.63) is 53.8 Å². The van der Waals surface area contributed by atoms with Crippen LogP contribution in [0.2, 0.25) is 0 Å². The summed E-state index contributed by atoms with van der Waals surface area (Å²) in [4.78, 5) is 11.4. The number of hydrogen-bond acceptors (Lipinski definition) is 6. The van der Waals surface area contributed by atoms with Crippen molar-refractivity contribution in [3.63, 3.8) is 0 Å². The van der Waals surface area contributed by atoms with Crippen LogP contribution in [-0.4, -0.2) is 19.4 Å². The molecule has 7 nitrogen and oxygen atoms in total. The first kappa shape index (κ1) is 18.7. The van der Waals surface area contributed by atoms with Crippen molar-refractivity contribution in [3.8, 4) is 11.5 Å². The van der Waals surface area contributed by atoms with Gasteiger partial charge in [-0.15, -0.1) is 0 Å². The summed E-state index contributed by atoms with van der Waals surface area (Å²) in [6, 6.07) is 8.61. The molecule has 27 heavy (non-hydrogen) atoms. The van der Waals surface area contributed by atoms with Crippen molar-refractivity contribution in [1.29, 1.82) is 0 Å². The van der Waals surface area contributed by atoms with Gasteiger partial charge in [-0.25, -0.2) is 0 Å². The van der Waals surface area contributed by atoms with Gasteiger partial charge in [0.2, 0.25) is 10.9 Å². The molecular weight excluding hydrogens is 389 g/mol. The summed E-state index contributed by atoms with van der Waals surface area (Å²) in [5.41, 5.74) is 0.126. The van der Waals surface area contributed by atoms with Gasteiger partial charge in [-0.2, -0.15) is 21.6 Å². The van der Waals surface area contributed by atoms with Crippen molar-refractivity contribution in [2.45, 2.75) is 18.2 Å². The van der Waals surface area contributed by atoms with Crippen molar-refractivity contribution >= 4 is 21.5 Å². The maximum atomic E-state index is 12.5. The molecule has 0 saturated carbocycles. The van der Waals surface area contributed by atoms with Crippen LogP contribution in [0.25, 0.3) is 11.5 Å². The van der Waals surface area contributed by atoms with E-state index in [1.54, 1.807) is 0 Å². The van der Waals surface area contributed by atoms with Gasteiger partial charge >= 0.3 is 6.18 Å². The fourth-order valence-corrected chi connectivity index (χ4v) is 3.12. The average molecular weight is 400 g/mol. The van der Waals surface area contributed by atoms with E-state index in [9.17, 15) is 26.4 Å². The molecule has 0 atom stereocenters. The van der Waals surface area contributed by atoms with Crippen LogP contribution in [-0.2, 0) is 16.2 Å². The topological polar surface area (TPSA) is 102 Å². The number of alkyl halides is 3. The highest BCUT2D eigenvalue weighted by Crippen LogP contribution is 2.33. The van der Waals surface area contributed by atoms with Crippen LogP contribution in [0.15, 0.2) is 56.5 Å². The lowest BCUT2D eigenvalue weighted by Gasteiger charge is -2.06. The Morgan fingerprint density at radius 1 is 1.15 bits per heavy atom. The van der Waals surface area contributed by atoms with Crippen LogP contribution in [0, 0.1) is 0 Å². The SMILES string of the molecule is CC(=O)c1cccc(NS(=O)(=O)c2ccc(-c3cc(C(F)(F)F)on3)o2)c1. The zero-order valence-corrected chi connectivity index (χ0v) is 14.4. The Morgan fingerprint density at radius 3 is 2.52 bits per heavy atom. The minimum absolute atomic E-state index is 0.126. The first-order valence-electron chi connectivity index (χ1n) is 7.34. The minimum Gasteiger partial charge on any atom is -0.441 e. The minimum atomic E-state index is -4.73. The second-order valence-corrected chi connectivity index (χ2v) is 7.05. The number of halogens is 3. The number of anilines is 1. The van der Waals surface area contributed by atoms with E-state index in [1.807, 2.05) is 0 Å². The number of sulfonamides is 1. The highest BCUT2D eigenvalue weighted by atomic mass is 32.2. The molecule has 142 valence electrons. The number of Topliss-reactive ketones (excluding diaryl/α,β-unsaturated/α-hetero) is 1. The Balaban J connectivity index is 1.86.